The molecular weight excluding hydrogens is 278 g/mol. The van der Waals surface area contributed by atoms with Gasteiger partial charge in [-0.15, -0.1) is 0 Å². The summed E-state index contributed by atoms with van der Waals surface area (Å²) in [5.41, 5.74) is 6.68. The summed E-state index contributed by atoms with van der Waals surface area (Å²) in [6, 6.07) is 6.63. The maximum atomic E-state index is 11.8. The van der Waals surface area contributed by atoms with Gasteiger partial charge in [-0.1, -0.05) is 0 Å². The number of benzene rings is 1. The Morgan fingerprint density at radius 1 is 1.30 bits per heavy atom. The fourth-order valence-electron chi connectivity index (χ4n) is 1.60. The van der Waals surface area contributed by atoms with Crippen LogP contribution < -0.4 is 11.1 Å². The first-order valence-electron chi connectivity index (χ1n) is 6.44. The molecule has 0 heterocycles. The lowest BCUT2D eigenvalue weighted by Crippen LogP contribution is -2.32. The molecule has 1 rings (SSSR count). The van der Waals surface area contributed by atoms with Crippen molar-refractivity contribution in [3.8, 4) is 0 Å². The number of carbonyl (C=O) groups is 1. The Labute approximate surface area is 120 Å². The highest BCUT2D eigenvalue weighted by atomic mass is 32.2. The summed E-state index contributed by atoms with van der Waals surface area (Å²) in [6.45, 7) is 2.42. The first-order valence-corrected chi connectivity index (χ1v) is 8.05. The third-order valence-corrected chi connectivity index (χ3v) is 4.81. The zero-order valence-corrected chi connectivity index (χ0v) is 12.6. The lowest BCUT2D eigenvalue weighted by Gasteiger charge is -2.15. The van der Waals surface area contributed by atoms with Crippen LogP contribution in [0.1, 0.15) is 23.7 Å². The van der Waals surface area contributed by atoms with Crippen molar-refractivity contribution in [1.29, 1.82) is 0 Å². The molecule has 0 spiro atoms. The van der Waals surface area contributed by atoms with E-state index in [2.05, 4.69) is 5.32 Å². The largest absolute Gasteiger partial charge is 0.399 e. The molecule has 0 aliphatic carbocycles. The van der Waals surface area contributed by atoms with Crippen molar-refractivity contribution in [2.45, 2.75) is 13.3 Å². The van der Waals surface area contributed by atoms with Gasteiger partial charge in [-0.2, -0.15) is 0 Å². The van der Waals surface area contributed by atoms with Gasteiger partial charge in [0.05, 0.1) is 5.75 Å². The van der Waals surface area contributed by atoms with Crippen LogP contribution in [-0.4, -0.2) is 44.5 Å². The number of sulfonamides is 1. The van der Waals surface area contributed by atoms with Gasteiger partial charge in [0.15, 0.2) is 0 Å². The molecule has 0 bridgehead atoms. The van der Waals surface area contributed by atoms with Gasteiger partial charge < -0.3 is 11.1 Å². The number of anilines is 1. The second-order valence-electron chi connectivity index (χ2n) is 4.45. The minimum Gasteiger partial charge on any atom is -0.399 e. The third kappa shape index (κ3) is 4.82. The summed E-state index contributed by atoms with van der Waals surface area (Å²) in [5.74, 6) is -0.104. The molecule has 1 amide bonds. The number of rotatable bonds is 7. The maximum Gasteiger partial charge on any atom is 0.251 e. The summed E-state index contributed by atoms with van der Waals surface area (Å²) in [5, 5.41) is 2.74. The van der Waals surface area contributed by atoms with Crippen LogP contribution in [0.2, 0.25) is 0 Å². The molecule has 0 fully saturated rings. The Morgan fingerprint density at radius 3 is 2.45 bits per heavy atom. The highest BCUT2D eigenvalue weighted by Gasteiger charge is 2.14. The summed E-state index contributed by atoms with van der Waals surface area (Å²) in [7, 11) is -1.61. The number of hydrogen-bond acceptors (Lipinski definition) is 4. The number of nitrogens with one attached hydrogen (secondary N) is 1. The van der Waals surface area contributed by atoms with Gasteiger partial charge in [-0.25, -0.2) is 12.7 Å². The monoisotopic (exact) mass is 299 g/mol. The van der Waals surface area contributed by atoms with Crippen molar-refractivity contribution in [1.82, 2.24) is 9.62 Å². The highest BCUT2D eigenvalue weighted by molar-refractivity contribution is 7.89. The van der Waals surface area contributed by atoms with Gasteiger partial charge in [0.25, 0.3) is 5.91 Å². The van der Waals surface area contributed by atoms with Crippen molar-refractivity contribution >= 4 is 21.6 Å². The number of carbonyl (C=O) groups excluding carboxylic acids is 1. The van der Waals surface area contributed by atoms with E-state index in [1.165, 1.54) is 4.31 Å². The Balaban J connectivity index is 2.35. The molecule has 0 atom stereocenters. The quantitative estimate of drug-likeness (QED) is 0.572. The predicted molar refractivity (Wildman–Crippen MR) is 79.9 cm³/mol. The number of amides is 1. The fraction of sp³-hybridized carbons (Fsp3) is 0.462. The molecule has 0 unspecified atom stereocenters. The number of nitrogens with zero attached hydrogens (tertiary/aromatic N) is 1. The molecule has 0 aromatic heterocycles. The van der Waals surface area contributed by atoms with Crippen LogP contribution in [0.4, 0.5) is 5.69 Å². The van der Waals surface area contributed by atoms with Gasteiger partial charge in [0.2, 0.25) is 10.0 Å². The molecule has 0 saturated carbocycles. The van der Waals surface area contributed by atoms with Crippen molar-refractivity contribution in [2.24, 2.45) is 0 Å². The van der Waals surface area contributed by atoms with Crippen LogP contribution in [-0.2, 0) is 10.0 Å². The van der Waals surface area contributed by atoms with Gasteiger partial charge in [-0.3, -0.25) is 4.79 Å². The van der Waals surface area contributed by atoms with Crippen LogP contribution in [0.25, 0.3) is 0 Å². The van der Waals surface area contributed by atoms with Crippen molar-refractivity contribution in [3.63, 3.8) is 0 Å². The van der Waals surface area contributed by atoms with E-state index in [4.69, 9.17) is 5.73 Å². The number of hydrogen-bond donors (Lipinski definition) is 2. The summed E-state index contributed by atoms with van der Waals surface area (Å²) in [4.78, 5) is 11.8. The molecule has 0 aliphatic rings. The van der Waals surface area contributed by atoms with Crippen LogP contribution >= 0.6 is 0 Å². The fourth-order valence-corrected chi connectivity index (χ4v) is 2.45. The molecule has 6 nitrogen and oxygen atoms in total. The average Bonchev–Trinajstić information content (AvgIpc) is 2.43. The van der Waals surface area contributed by atoms with Gasteiger partial charge in [0.1, 0.15) is 0 Å². The summed E-state index contributed by atoms with van der Waals surface area (Å²) in [6.07, 6.45) is 0.566. The Bertz CT molecular complexity index is 540. The minimum absolute atomic E-state index is 0.0846. The van der Waals surface area contributed by atoms with E-state index in [0.717, 1.165) is 0 Å². The summed E-state index contributed by atoms with van der Waals surface area (Å²) >= 11 is 0. The zero-order valence-electron chi connectivity index (χ0n) is 11.8. The lowest BCUT2D eigenvalue weighted by molar-refractivity contribution is 0.0953. The van der Waals surface area contributed by atoms with Crippen LogP contribution in [0.5, 0.6) is 0 Å². The Morgan fingerprint density at radius 2 is 1.90 bits per heavy atom. The van der Waals surface area contributed by atoms with E-state index < -0.39 is 10.0 Å². The Kier molecular flexibility index (Phi) is 5.97. The SMILES string of the molecule is CCS(=O)(=O)N(C)CCCNC(=O)c1ccc(N)cc1. The second-order valence-corrected chi connectivity index (χ2v) is 6.82. The van der Waals surface area contributed by atoms with Crippen LogP contribution in [0.15, 0.2) is 24.3 Å². The molecular formula is C13H21N3O3S. The minimum atomic E-state index is -3.15. The van der Waals surface area contributed by atoms with E-state index in [1.54, 1.807) is 38.2 Å². The van der Waals surface area contributed by atoms with E-state index >= 15 is 0 Å². The third-order valence-electron chi connectivity index (χ3n) is 2.95. The van der Waals surface area contributed by atoms with E-state index in [0.29, 0.717) is 30.8 Å². The maximum absolute atomic E-state index is 11.8. The van der Waals surface area contributed by atoms with Gasteiger partial charge in [0, 0.05) is 31.4 Å². The molecule has 112 valence electrons. The lowest BCUT2D eigenvalue weighted by atomic mass is 10.2. The molecule has 0 saturated heterocycles. The van der Waals surface area contributed by atoms with E-state index in [9.17, 15) is 13.2 Å². The second kappa shape index (κ2) is 7.25. The molecule has 7 heteroatoms. The predicted octanol–water partition coefficient (Wildman–Crippen LogP) is 0.670. The number of nitrogen functional groups attached to an aromatic ring is 1. The molecule has 20 heavy (non-hydrogen) atoms. The average molecular weight is 299 g/mol. The molecule has 1 aromatic carbocycles. The van der Waals surface area contributed by atoms with Crippen molar-refractivity contribution in [2.75, 3.05) is 31.6 Å². The molecule has 3 N–H and O–H groups in total. The van der Waals surface area contributed by atoms with Gasteiger partial charge in [-0.05, 0) is 37.6 Å². The normalized spacial score (nSPS) is 11.6. The summed E-state index contributed by atoms with van der Waals surface area (Å²) < 4.78 is 24.3. The van der Waals surface area contributed by atoms with E-state index in [-0.39, 0.29) is 11.7 Å². The van der Waals surface area contributed by atoms with Gasteiger partial charge >= 0.3 is 0 Å². The van der Waals surface area contributed by atoms with Crippen LogP contribution in [0.3, 0.4) is 0 Å². The smallest absolute Gasteiger partial charge is 0.251 e. The van der Waals surface area contributed by atoms with Crippen molar-refractivity contribution < 1.29 is 13.2 Å². The first kappa shape index (κ1) is 16.5. The van der Waals surface area contributed by atoms with E-state index in [1.807, 2.05) is 0 Å². The molecule has 0 radical (unpaired) electrons. The zero-order chi connectivity index (χ0) is 15.2. The molecule has 0 aliphatic heterocycles. The highest BCUT2D eigenvalue weighted by Crippen LogP contribution is 2.05. The number of nitrogens with two attached hydrogens (primary N) is 1. The Hall–Kier alpha value is -1.60. The van der Waals surface area contributed by atoms with Crippen LogP contribution in [0, 0.1) is 0 Å². The van der Waals surface area contributed by atoms with Crippen molar-refractivity contribution in [3.05, 3.63) is 29.8 Å². The standard InChI is InChI=1S/C13H21N3O3S/c1-3-20(18,19)16(2)10-4-9-15-13(17)11-5-7-12(14)8-6-11/h5-8H,3-4,9-10,14H2,1-2H3,(H,15,17). The first-order chi connectivity index (χ1) is 9.36. The topological polar surface area (TPSA) is 92.5 Å². The molecule has 1 aromatic rings.